The number of hydrogen-bond donors (Lipinski definition) is 1. The van der Waals surface area contributed by atoms with Gasteiger partial charge in [-0.2, -0.15) is 5.10 Å². The number of carbonyl (C=O) groups is 2. The zero-order valence-corrected chi connectivity index (χ0v) is 23.2. The summed E-state index contributed by atoms with van der Waals surface area (Å²) in [5, 5.41) is 7.82. The first-order valence-electron chi connectivity index (χ1n) is 12.8. The molecule has 0 saturated heterocycles. The Kier molecular flexibility index (Phi) is 9.14. The molecule has 2 amide bonds. The Morgan fingerprint density at radius 1 is 1.08 bits per heavy atom. The fourth-order valence-corrected chi connectivity index (χ4v) is 3.88. The van der Waals surface area contributed by atoms with Gasteiger partial charge in [0, 0.05) is 18.0 Å². The van der Waals surface area contributed by atoms with Gasteiger partial charge >= 0.3 is 0 Å². The molecular weight excluding hydrogens is 464 g/mol. The van der Waals surface area contributed by atoms with E-state index >= 15 is 0 Å². The number of nitrogens with zero attached hydrogens (tertiary/aromatic N) is 3. The molecule has 3 aromatic rings. The third kappa shape index (κ3) is 7.94. The predicted octanol–water partition coefficient (Wildman–Crippen LogP) is 5.54. The Morgan fingerprint density at radius 3 is 2.38 bits per heavy atom. The van der Waals surface area contributed by atoms with E-state index in [2.05, 4.69) is 39.9 Å². The summed E-state index contributed by atoms with van der Waals surface area (Å²) in [4.78, 5) is 28.1. The van der Waals surface area contributed by atoms with Crippen molar-refractivity contribution in [3.63, 3.8) is 0 Å². The van der Waals surface area contributed by atoms with E-state index in [0.29, 0.717) is 18.3 Å². The average Bonchev–Trinajstić information content (AvgIpc) is 3.26. The number of ether oxygens (including phenoxy) is 1. The van der Waals surface area contributed by atoms with Crippen molar-refractivity contribution in [3.05, 3.63) is 71.4 Å². The topological polar surface area (TPSA) is 76.5 Å². The average molecular weight is 505 g/mol. The number of amides is 2. The maximum Gasteiger partial charge on any atom is 0.245 e. The number of rotatable bonds is 10. The molecule has 0 spiro atoms. The fraction of sp³-hybridized carbons (Fsp3) is 0.433. The van der Waals surface area contributed by atoms with E-state index in [9.17, 15) is 9.59 Å². The first-order chi connectivity index (χ1) is 17.5. The smallest absolute Gasteiger partial charge is 0.245 e. The molecule has 0 fully saturated rings. The van der Waals surface area contributed by atoms with Gasteiger partial charge in [0.1, 0.15) is 11.6 Å². The summed E-state index contributed by atoms with van der Waals surface area (Å²) in [6, 6.07) is 17.4. The van der Waals surface area contributed by atoms with Crippen LogP contribution in [0.15, 0.2) is 54.6 Å². The predicted molar refractivity (Wildman–Crippen MR) is 148 cm³/mol. The van der Waals surface area contributed by atoms with Crippen LogP contribution in [-0.2, 0) is 21.4 Å². The van der Waals surface area contributed by atoms with E-state index in [-0.39, 0.29) is 30.2 Å². The van der Waals surface area contributed by atoms with Crippen LogP contribution in [0, 0.1) is 12.8 Å². The van der Waals surface area contributed by atoms with Crippen LogP contribution in [0.3, 0.4) is 0 Å². The molecular formula is C30H40N4O3. The van der Waals surface area contributed by atoms with Crippen LogP contribution >= 0.6 is 0 Å². The van der Waals surface area contributed by atoms with Crippen LogP contribution < -0.4 is 10.1 Å². The van der Waals surface area contributed by atoms with Gasteiger partial charge in [-0.15, -0.1) is 0 Å². The fourth-order valence-electron chi connectivity index (χ4n) is 3.88. The number of nitrogens with one attached hydrogen (secondary N) is 1. The molecule has 1 N–H and O–H groups in total. The Morgan fingerprint density at radius 2 is 1.78 bits per heavy atom. The van der Waals surface area contributed by atoms with E-state index in [0.717, 1.165) is 34.7 Å². The number of anilines is 1. The maximum atomic E-state index is 13.3. The molecule has 0 atom stereocenters. The number of benzene rings is 2. The molecule has 7 heteroatoms. The Balaban J connectivity index is 1.80. The van der Waals surface area contributed by atoms with Crippen LogP contribution in [0.2, 0.25) is 0 Å². The van der Waals surface area contributed by atoms with Gasteiger partial charge in [0.15, 0.2) is 0 Å². The highest BCUT2D eigenvalue weighted by atomic mass is 16.5. The zero-order valence-electron chi connectivity index (χ0n) is 23.2. The van der Waals surface area contributed by atoms with Crippen LogP contribution in [0.5, 0.6) is 5.75 Å². The van der Waals surface area contributed by atoms with E-state index in [1.54, 1.807) is 16.7 Å². The molecule has 37 heavy (non-hydrogen) atoms. The highest BCUT2D eigenvalue weighted by Crippen LogP contribution is 2.26. The summed E-state index contributed by atoms with van der Waals surface area (Å²) < 4.78 is 6.98. The highest BCUT2D eigenvalue weighted by Gasteiger charge is 2.23. The molecule has 0 aliphatic heterocycles. The van der Waals surface area contributed by atoms with Crippen molar-refractivity contribution in [1.29, 1.82) is 0 Å². The second kappa shape index (κ2) is 12.1. The van der Waals surface area contributed by atoms with Gasteiger partial charge in [0.2, 0.25) is 11.8 Å². The molecule has 1 heterocycles. The SMILES string of the molecule is COc1ccc(CC(=O)N(CCC(C)C)CC(=O)Nc2cc(C(C)(C)C)nn2-c2cccc(C)c2)cc1. The second-order valence-electron chi connectivity index (χ2n) is 11.0. The molecule has 0 aliphatic rings. The summed E-state index contributed by atoms with van der Waals surface area (Å²) in [6.45, 7) is 13.0. The Bertz CT molecular complexity index is 1210. The quantitative estimate of drug-likeness (QED) is 0.393. The van der Waals surface area contributed by atoms with Gasteiger partial charge in [-0.25, -0.2) is 4.68 Å². The zero-order chi connectivity index (χ0) is 27.2. The van der Waals surface area contributed by atoms with Crippen molar-refractivity contribution in [2.75, 3.05) is 25.5 Å². The maximum absolute atomic E-state index is 13.3. The summed E-state index contributed by atoms with van der Waals surface area (Å²) in [6.07, 6.45) is 1.04. The Labute approximate surface area is 220 Å². The molecule has 198 valence electrons. The van der Waals surface area contributed by atoms with Gasteiger partial charge in [0.05, 0.1) is 31.5 Å². The van der Waals surface area contributed by atoms with Crippen molar-refractivity contribution in [2.45, 2.75) is 59.8 Å². The summed E-state index contributed by atoms with van der Waals surface area (Å²) in [5.41, 5.74) is 3.54. The molecule has 0 bridgehead atoms. The summed E-state index contributed by atoms with van der Waals surface area (Å²) in [5.74, 6) is 1.42. The summed E-state index contributed by atoms with van der Waals surface area (Å²) >= 11 is 0. The molecule has 2 aromatic carbocycles. The molecule has 0 aliphatic carbocycles. The van der Waals surface area contributed by atoms with Crippen molar-refractivity contribution >= 4 is 17.6 Å². The first kappa shape index (κ1) is 28.0. The minimum atomic E-state index is -0.249. The van der Waals surface area contributed by atoms with Crippen LogP contribution in [0.25, 0.3) is 5.69 Å². The minimum absolute atomic E-state index is 0.0223. The standard InChI is InChI=1S/C30H40N4O3/c1-21(2)15-16-33(29(36)18-23-11-13-25(37-7)14-12-23)20-28(35)31-27-19-26(30(4,5)6)32-34(27)24-10-8-9-22(3)17-24/h8-14,17,19,21H,15-16,18,20H2,1-7H3,(H,31,35). The van der Waals surface area contributed by atoms with Gasteiger partial charge in [0.25, 0.3) is 0 Å². The van der Waals surface area contributed by atoms with E-state index < -0.39 is 0 Å². The number of aryl methyl sites for hydroxylation is 1. The molecule has 0 unspecified atom stereocenters. The van der Waals surface area contributed by atoms with Crippen LogP contribution in [0.4, 0.5) is 5.82 Å². The molecule has 3 rings (SSSR count). The molecule has 0 saturated carbocycles. The number of aromatic nitrogens is 2. The first-order valence-corrected chi connectivity index (χ1v) is 12.8. The summed E-state index contributed by atoms with van der Waals surface area (Å²) in [7, 11) is 1.61. The van der Waals surface area contributed by atoms with E-state index in [1.165, 1.54) is 0 Å². The lowest BCUT2D eigenvalue weighted by Gasteiger charge is -2.23. The number of methoxy groups -OCH3 is 1. The monoisotopic (exact) mass is 504 g/mol. The van der Waals surface area contributed by atoms with Gasteiger partial charge in [-0.05, 0) is 54.7 Å². The lowest BCUT2D eigenvalue weighted by molar-refractivity contribution is -0.134. The number of carbonyl (C=O) groups excluding carboxylic acids is 2. The lowest BCUT2D eigenvalue weighted by Crippen LogP contribution is -2.40. The van der Waals surface area contributed by atoms with Crippen LogP contribution in [-0.4, -0.2) is 46.7 Å². The Hall–Kier alpha value is -3.61. The highest BCUT2D eigenvalue weighted by molar-refractivity contribution is 5.94. The molecule has 1 aromatic heterocycles. The number of hydrogen-bond acceptors (Lipinski definition) is 4. The van der Waals surface area contributed by atoms with E-state index in [4.69, 9.17) is 9.84 Å². The molecule has 7 nitrogen and oxygen atoms in total. The third-order valence-electron chi connectivity index (χ3n) is 6.17. The van der Waals surface area contributed by atoms with Gasteiger partial charge < -0.3 is 15.0 Å². The largest absolute Gasteiger partial charge is 0.497 e. The third-order valence-corrected chi connectivity index (χ3v) is 6.17. The lowest BCUT2D eigenvalue weighted by atomic mass is 9.92. The molecule has 0 radical (unpaired) electrons. The van der Waals surface area contributed by atoms with Gasteiger partial charge in [-0.3, -0.25) is 9.59 Å². The van der Waals surface area contributed by atoms with Gasteiger partial charge in [-0.1, -0.05) is 58.9 Å². The normalized spacial score (nSPS) is 11.5. The van der Waals surface area contributed by atoms with Crippen molar-refractivity contribution in [2.24, 2.45) is 5.92 Å². The van der Waals surface area contributed by atoms with E-state index in [1.807, 2.05) is 61.5 Å². The van der Waals surface area contributed by atoms with Crippen LogP contribution in [0.1, 0.15) is 57.9 Å². The second-order valence-corrected chi connectivity index (χ2v) is 11.0. The minimum Gasteiger partial charge on any atom is -0.497 e. The van der Waals surface area contributed by atoms with Crippen molar-refractivity contribution in [1.82, 2.24) is 14.7 Å². The van der Waals surface area contributed by atoms with Crippen molar-refractivity contribution in [3.8, 4) is 11.4 Å². The van der Waals surface area contributed by atoms with Crippen molar-refractivity contribution < 1.29 is 14.3 Å².